The van der Waals surface area contributed by atoms with E-state index in [9.17, 15) is 9.18 Å². The van der Waals surface area contributed by atoms with Gasteiger partial charge in [-0.2, -0.15) is 0 Å². The van der Waals surface area contributed by atoms with Gasteiger partial charge in [0.05, 0.1) is 6.61 Å². The van der Waals surface area contributed by atoms with Gasteiger partial charge in [0.25, 0.3) is 0 Å². The Labute approximate surface area is 190 Å². The molecule has 2 fully saturated rings. The average Bonchev–Trinajstić information content (AvgIpc) is 3.01. The van der Waals surface area contributed by atoms with Crippen LogP contribution in [0, 0.1) is 11.7 Å². The molecule has 0 aliphatic carbocycles. The van der Waals surface area contributed by atoms with Crippen molar-refractivity contribution < 1.29 is 13.9 Å². The molecule has 0 radical (unpaired) electrons. The summed E-state index contributed by atoms with van der Waals surface area (Å²) in [4.78, 5) is 19.7. The molecule has 0 unspecified atom stereocenters. The molecule has 0 aromatic heterocycles. The zero-order chi connectivity index (χ0) is 22.2. The first-order chi connectivity index (χ1) is 15.7. The predicted octanol–water partition coefficient (Wildman–Crippen LogP) is 5.03. The van der Waals surface area contributed by atoms with Crippen molar-refractivity contribution in [3.05, 3.63) is 60.4 Å². The number of benzene rings is 2. The van der Waals surface area contributed by atoms with Crippen LogP contribution < -0.4 is 9.64 Å². The largest absolute Gasteiger partial charge is 0.494 e. The highest BCUT2D eigenvalue weighted by Gasteiger charge is 2.28. The maximum Gasteiger partial charge on any atom is 0.324 e. The van der Waals surface area contributed by atoms with Crippen LogP contribution in [0.1, 0.15) is 32.1 Å². The minimum atomic E-state index is -0.241. The van der Waals surface area contributed by atoms with Gasteiger partial charge >= 0.3 is 6.03 Å². The van der Waals surface area contributed by atoms with Gasteiger partial charge in [0.15, 0.2) is 0 Å². The number of carbonyl (C=O) groups is 1. The molecule has 2 amide bonds. The molecule has 5 nitrogen and oxygen atoms in total. The lowest BCUT2D eigenvalue weighted by Crippen LogP contribution is -2.46. The highest BCUT2D eigenvalue weighted by molar-refractivity contribution is 5.92. The van der Waals surface area contributed by atoms with Crippen LogP contribution in [0.25, 0.3) is 0 Å². The van der Waals surface area contributed by atoms with Crippen LogP contribution >= 0.6 is 0 Å². The normalized spacial score (nSPS) is 18.6. The van der Waals surface area contributed by atoms with E-state index in [4.69, 9.17) is 4.74 Å². The number of urea groups is 1. The summed E-state index contributed by atoms with van der Waals surface area (Å²) >= 11 is 0. The molecule has 172 valence electrons. The SMILES string of the molecule is O=C1N(CC2CCN(CCCOc3ccc(F)cc3)CC2)CCCCN1c1ccccc1. The van der Waals surface area contributed by atoms with E-state index in [-0.39, 0.29) is 11.8 Å². The number of likely N-dealkylation sites (tertiary alicyclic amines) is 1. The smallest absolute Gasteiger partial charge is 0.324 e. The first-order valence-corrected chi connectivity index (χ1v) is 11.9. The summed E-state index contributed by atoms with van der Waals surface area (Å²) in [6.45, 7) is 6.34. The van der Waals surface area contributed by atoms with Crippen LogP contribution in [-0.4, -0.2) is 61.7 Å². The number of carbonyl (C=O) groups excluding carboxylic acids is 1. The number of nitrogens with zero attached hydrogens (tertiary/aromatic N) is 3. The number of anilines is 1. The van der Waals surface area contributed by atoms with Crippen molar-refractivity contribution in [2.24, 2.45) is 5.92 Å². The Hall–Kier alpha value is -2.60. The van der Waals surface area contributed by atoms with Crippen LogP contribution in [0.15, 0.2) is 54.6 Å². The highest BCUT2D eigenvalue weighted by atomic mass is 19.1. The van der Waals surface area contributed by atoms with Crippen molar-refractivity contribution in [2.45, 2.75) is 32.1 Å². The standard InChI is InChI=1S/C26H34FN3O2/c27-23-9-11-25(12-10-23)32-20-6-15-28-18-13-22(14-19-28)21-29-16-4-5-17-30(26(29)31)24-7-2-1-3-8-24/h1-3,7-12,22H,4-6,13-21H2. The number of halogens is 1. The van der Waals surface area contributed by atoms with Gasteiger partial charge in [-0.05, 0) is 87.5 Å². The molecule has 2 heterocycles. The quantitative estimate of drug-likeness (QED) is 0.542. The summed E-state index contributed by atoms with van der Waals surface area (Å²) in [5.74, 6) is 1.05. The van der Waals surface area contributed by atoms with E-state index in [1.165, 1.54) is 12.1 Å². The summed E-state index contributed by atoms with van der Waals surface area (Å²) in [5, 5.41) is 0. The van der Waals surface area contributed by atoms with Gasteiger partial charge in [0, 0.05) is 31.9 Å². The third kappa shape index (κ3) is 6.22. The van der Waals surface area contributed by atoms with Gasteiger partial charge in [-0.25, -0.2) is 9.18 Å². The molecule has 6 heteroatoms. The summed E-state index contributed by atoms with van der Waals surface area (Å²) in [5.41, 5.74) is 1.00. The third-order valence-electron chi connectivity index (χ3n) is 6.52. The van der Waals surface area contributed by atoms with Crippen molar-refractivity contribution >= 4 is 11.7 Å². The zero-order valence-corrected chi connectivity index (χ0v) is 18.8. The van der Waals surface area contributed by atoms with Crippen molar-refractivity contribution in [3.8, 4) is 5.75 Å². The maximum atomic E-state index is 13.2. The molecule has 0 spiro atoms. The molecule has 2 aromatic rings. The molecule has 0 bridgehead atoms. The summed E-state index contributed by atoms with van der Waals surface area (Å²) < 4.78 is 18.7. The Kier molecular flexibility index (Phi) is 7.99. The predicted molar refractivity (Wildman–Crippen MR) is 126 cm³/mol. The van der Waals surface area contributed by atoms with Gasteiger partial charge in [-0.1, -0.05) is 18.2 Å². The van der Waals surface area contributed by atoms with Crippen LogP contribution in [0.3, 0.4) is 0 Å². The van der Waals surface area contributed by atoms with Crippen molar-refractivity contribution in [2.75, 3.05) is 50.8 Å². The van der Waals surface area contributed by atoms with E-state index in [0.717, 1.165) is 82.8 Å². The minimum absolute atomic E-state index is 0.161. The van der Waals surface area contributed by atoms with Crippen LogP contribution in [-0.2, 0) is 0 Å². The number of piperidine rings is 1. The number of ether oxygens (including phenoxy) is 1. The summed E-state index contributed by atoms with van der Waals surface area (Å²) in [6, 6.07) is 16.4. The maximum absolute atomic E-state index is 13.2. The number of hydrogen-bond acceptors (Lipinski definition) is 3. The molecule has 2 aromatic carbocycles. The lowest BCUT2D eigenvalue weighted by Gasteiger charge is -2.35. The van der Waals surface area contributed by atoms with E-state index >= 15 is 0 Å². The van der Waals surface area contributed by atoms with Crippen LogP contribution in [0.2, 0.25) is 0 Å². The fourth-order valence-electron chi connectivity index (χ4n) is 4.66. The Morgan fingerprint density at radius 3 is 2.38 bits per heavy atom. The molecule has 0 atom stereocenters. The Morgan fingerprint density at radius 2 is 1.62 bits per heavy atom. The van der Waals surface area contributed by atoms with E-state index in [2.05, 4.69) is 9.80 Å². The number of rotatable bonds is 8. The van der Waals surface area contributed by atoms with E-state index in [1.807, 2.05) is 35.2 Å². The average molecular weight is 440 g/mol. The Balaban J connectivity index is 1.18. The number of para-hydroxylation sites is 1. The molecule has 0 saturated carbocycles. The number of hydrogen-bond donors (Lipinski definition) is 0. The molecule has 2 saturated heterocycles. The van der Waals surface area contributed by atoms with E-state index in [1.54, 1.807) is 12.1 Å². The number of amides is 2. The second-order valence-electron chi connectivity index (χ2n) is 8.86. The first kappa shape index (κ1) is 22.6. The second-order valence-corrected chi connectivity index (χ2v) is 8.86. The van der Waals surface area contributed by atoms with E-state index in [0.29, 0.717) is 12.5 Å². The highest BCUT2D eigenvalue weighted by Crippen LogP contribution is 2.23. The van der Waals surface area contributed by atoms with Gasteiger partial charge < -0.3 is 14.5 Å². The Bertz CT molecular complexity index is 838. The molecule has 2 aliphatic rings. The summed E-state index contributed by atoms with van der Waals surface area (Å²) in [7, 11) is 0. The van der Waals surface area contributed by atoms with Crippen molar-refractivity contribution in [3.63, 3.8) is 0 Å². The fraction of sp³-hybridized carbons (Fsp3) is 0.500. The van der Waals surface area contributed by atoms with Gasteiger partial charge in [0.1, 0.15) is 11.6 Å². The lowest BCUT2D eigenvalue weighted by molar-refractivity contribution is 0.143. The van der Waals surface area contributed by atoms with Crippen LogP contribution in [0.4, 0.5) is 14.9 Å². The van der Waals surface area contributed by atoms with Gasteiger partial charge in [-0.3, -0.25) is 4.90 Å². The van der Waals surface area contributed by atoms with Crippen LogP contribution in [0.5, 0.6) is 5.75 Å². The summed E-state index contributed by atoms with van der Waals surface area (Å²) in [6.07, 6.45) is 5.35. The Morgan fingerprint density at radius 1 is 0.906 bits per heavy atom. The van der Waals surface area contributed by atoms with Gasteiger partial charge in [-0.15, -0.1) is 0 Å². The molecule has 0 N–H and O–H groups in total. The topological polar surface area (TPSA) is 36.0 Å². The second kappa shape index (κ2) is 11.3. The van der Waals surface area contributed by atoms with Crippen molar-refractivity contribution in [1.29, 1.82) is 0 Å². The monoisotopic (exact) mass is 439 g/mol. The minimum Gasteiger partial charge on any atom is -0.494 e. The lowest BCUT2D eigenvalue weighted by atomic mass is 9.96. The first-order valence-electron chi connectivity index (χ1n) is 11.9. The van der Waals surface area contributed by atoms with Gasteiger partial charge in [0.2, 0.25) is 0 Å². The molecule has 32 heavy (non-hydrogen) atoms. The fourth-order valence-corrected chi connectivity index (χ4v) is 4.66. The molecule has 2 aliphatic heterocycles. The molecular formula is C26H34FN3O2. The zero-order valence-electron chi connectivity index (χ0n) is 18.8. The molecule has 4 rings (SSSR count). The molecular weight excluding hydrogens is 405 g/mol. The third-order valence-corrected chi connectivity index (χ3v) is 6.52. The van der Waals surface area contributed by atoms with E-state index < -0.39 is 0 Å². The van der Waals surface area contributed by atoms with Crippen molar-refractivity contribution in [1.82, 2.24) is 9.80 Å².